The molecule has 5 heteroatoms. The Balaban J connectivity index is 2.55. The molecular weight excluding hydrogens is 318 g/mol. The van der Waals surface area contributed by atoms with Crippen LogP contribution in [0.5, 0.6) is 0 Å². The summed E-state index contributed by atoms with van der Waals surface area (Å²) >= 11 is 3.43. The molecule has 1 rings (SSSR count). The summed E-state index contributed by atoms with van der Waals surface area (Å²) in [6, 6.07) is 2.68. The van der Waals surface area contributed by atoms with Crippen LogP contribution in [0.2, 0.25) is 0 Å². The Kier molecular flexibility index (Phi) is 6.76. The predicted octanol–water partition coefficient (Wildman–Crippen LogP) is 3.29. The van der Waals surface area contributed by atoms with Crippen molar-refractivity contribution >= 4 is 21.8 Å². The lowest BCUT2D eigenvalue weighted by Crippen LogP contribution is -2.37. The van der Waals surface area contributed by atoms with E-state index in [2.05, 4.69) is 60.9 Å². The Morgan fingerprint density at radius 3 is 2.65 bits per heavy atom. The van der Waals surface area contributed by atoms with Gasteiger partial charge in [-0.2, -0.15) is 0 Å². The monoisotopic (exact) mass is 343 g/mol. The molecule has 0 radical (unpaired) electrons. The van der Waals surface area contributed by atoms with Crippen LogP contribution in [0.1, 0.15) is 50.6 Å². The molecule has 1 heterocycles. The molecule has 0 bridgehead atoms. The molecule has 114 valence electrons. The topological polar surface area (TPSA) is 37.3 Å². The second-order valence-corrected chi connectivity index (χ2v) is 6.45. The van der Waals surface area contributed by atoms with Crippen molar-refractivity contribution in [3.8, 4) is 0 Å². The van der Waals surface area contributed by atoms with E-state index in [0.717, 1.165) is 17.4 Å². The van der Waals surface area contributed by atoms with Gasteiger partial charge < -0.3 is 14.8 Å². The van der Waals surface area contributed by atoms with Crippen LogP contribution in [0.4, 0.5) is 0 Å². The molecule has 1 N–H and O–H groups in total. The van der Waals surface area contributed by atoms with Crippen LogP contribution in [-0.4, -0.2) is 41.6 Å². The van der Waals surface area contributed by atoms with Gasteiger partial charge in [0.15, 0.2) is 0 Å². The van der Waals surface area contributed by atoms with Gasteiger partial charge in [0, 0.05) is 35.8 Å². The molecule has 1 aromatic heterocycles. The number of halogens is 1. The molecule has 0 aliphatic heterocycles. The van der Waals surface area contributed by atoms with Gasteiger partial charge in [-0.1, -0.05) is 6.92 Å². The van der Waals surface area contributed by atoms with Gasteiger partial charge in [0.1, 0.15) is 5.69 Å². The number of nitrogens with zero attached hydrogens (tertiary/aromatic N) is 2. The normalized spacial score (nSPS) is 13.0. The summed E-state index contributed by atoms with van der Waals surface area (Å²) in [5.41, 5.74) is 0.707. The summed E-state index contributed by atoms with van der Waals surface area (Å²) in [5.74, 6) is -0.0121. The SMILES string of the molecule is CCC(C)N(C)CCNC(=O)c1cc(Br)cn1C(C)C. The number of rotatable bonds is 7. The number of hydrogen-bond acceptors (Lipinski definition) is 2. The minimum Gasteiger partial charge on any atom is -0.349 e. The van der Waals surface area contributed by atoms with Crippen molar-refractivity contribution < 1.29 is 4.79 Å². The molecule has 0 saturated carbocycles. The smallest absolute Gasteiger partial charge is 0.268 e. The maximum atomic E-state index is 12.2. The van der Waals surface area contributed by atoms with E-state index in [1.54, 1.807) is 0 Å². The van der Waals surface area contributed by atoms with Crippen molar-refractivity contribution in [1.29, 1.82) is 0 Å². The third-order valence-corrected chi connectivity index (χ3v) is 4.13. The zero-order valence-electron chi connectivity index (χ0n) is 13.1. The highest BCUT2D eigenvalue weighted by molar-refractivity contribution is 9.10. The Morgan fingerprint density at radius 2 is 2.10 bits per heavy atom. The number of likely N-dealkylation sites (N-methyl/N-ethyl adjacent to an activating group) is 1. The first-order valence-corrected chi connectivity index (χ1v) is 8.01. The summed E-state index contributed by atoms with van der Waals surface area (Å²) in [6.45, 7) is 10.0. The summed E-state index contributed by atoms with van der Waals surface area (Å²) in [7, 11) is 2.09. The van der Waals surface area contributed by atoms with Gasteiger partial charge >= 0.3 is 0 Å². The minimum atomic E-state index is -0.0121. The number of carbonyl (C=O) groups excluding carboxylic acids is 1. The van der Waals surface area contributed by atoms with Crippen LogP contribution >= 0.6 is 15.9 Å². The lowest BCUT2D eigenvalue weighted by atomic mass is 10.2. The van der Waals surface area contributed by atoms with E-state index < -0.39 is 0 Å². The average molecular weight is 344 g/mol. The zero-order valence-corrected chi connectivity index (χ0v) is 14.7. The molecule has 1 unspecified atom stereocenters. The van der Waals surface area contributed by atoms with Crippen LogP contribution in [0.25, 0.3) is 0 Å². The molecular formula is C15H26BrN3O. The Hall–Kier alpha value is -0.810. The first-order valence-electron chi connectivity index (χ1n) is 7.22. The Bertz CT molecular complexity index is 442. The molecule has 0 spiro atoms. The van der Waals surface area contributed by atoms with Crippen molar-refractivity contribution in [2.24, 2.45) is 0 Å². The molecule has 1 atom stereocenters. The van der Waals surface area contributed by atoms with Crippen LogP contribution in [-0.2, 0) is 0 Å². The molecule has 0 fully saturated rings. The standard InChI is InChI=1S/C15H26BrN3O/c1-6-12(4)18(5)8-7-17-15(20)14-9-13(16)10-19(14)11(2)3/h9-12H,6-8H2,1-5H3,(H,17,20). The maximum absolute atomic E-state index is 12.2. The predicted molar refractivity (Wildman–Crippen MR) is 87.2 cm³/mol. The molecule has 0 aliphatic rings. The summed E-state index contributed by atoms with van der Waals surface area (Å²) in [5, 5.41) is 3.00. The van der Waals surface area contributed by atoms with E-state index >= 15 is 0 Å². The molecule has 1 aromatic rings. The van der Waals surface area contributed by atoms with Crippen LogP contribution in [0.15, 0.2) is 16.7 Å². The van der Waals surface area contributed by atoms with Gasteiger partial charge in [0.05, 0.1) is 0 Å². The molecule has 1 amide bonds. The minimum absolute atomic E-state index is 0.0121. The van der Waals surface area contributed by atoms with E-state index in [0.29, 0.717) is 18.3 Å². The van der Waals surface area contributed by atoms with Gasteiger partial charge in [-0.15, -0.1) is 0 Å². The second kappa shape index (κ2) is 7.84. The maximum Gasteiger partial charge on any atom is 0.268 e. The van der Waals surface area contributed by atoms with E-state index in [4.69, 9.17) is 0 Å². The largest absolute Gasteiger partial charge is 0.349 e. The highest BCUT2D eigenvalue weighted by Crippen LogP contribution is 2.19. The van der Waals surface area contributed by atoms with Gasteiger partial charge in [0.25, 0.3) is 5.91 Å². The highest BCUT2D eigenvalue weighted by Gasteiger charge is 2.15. The summed E-state index contributed by atoms with van der Waals surface area (Å²) < 4.78 is 2.92. The fourth-order valence-corrected chi connectivity index (χ4v) is 2.46. The summed E-state index contributed by atoms with van der Waals surface area (Å²) in [4.78, 5) is 14.5. The second-order valence-electron chi connectivity index (χ2n) is 5.54. The first kappa shape index (κ1) is 17.2. The number of hydrogen-bond donors (Lipinski definition) is 1. The number of nitrogens with one attached hydrogen (secondary N) is 1. The van der Waals surface area contributed by atoms with Gasteiger partial charge in [0.2, 0.25) is 0 Å². The van der Waals surface area contributed by atoms with E-state index in [1.165, 1.54) is 0 Å². The van der Waals surface area contributed by atoms with Crippen molar-refractivity contribution in [3.63, 3.8) is 0 Å². The van der Waals surface area contributed by atoms with E-state index in [-0.39, 0.29) is 11.9 Å². The average Bonchev–Trinajstić information content (AvgIpc) is 2.79. The lowest BCUT2D eigenvalue weighted by molar-refractivity contribution is 0.0936. The van der Waals surface area contributed by atoms with E-state index in [9.17, 15) is 4.79 Å². The van der Waals surface area contributed by atoms with Crippen LogP contribution < -0.4 is 5.32 Å². The molecule has 4 nitrogen and oxygen atoms in total. The summed E-state index contributed by atoms with van der Waals surface area (Å²) in [6.07, 6.45) is 3.07. The molecule has 0 aromatic carbocycles. The van der Waals surface area contributed by atoms with Crippen LogP contribution in [0, 0.1) is 0 Å². The van der Waals surface area contributed by atoms with Crippen molar-refractivity contribution in [2.75, 3.05) is 20.1 Å². The number of amides is 1. The van der Waals surface area contributed by atoms with Gasteiger partial charge in [-0.25, -0.2) is 0 Å². The van der Waals surface area contributed by atoms with Crippen molar-refractivity contribution in [1.82, 2.24) is 14.8 Å². The first-order chi connectivity index (χ1) is 9.36. The van der Waals surface area contributed by atoms with Gasteiger partial charge in [-0.3, -0.25) is 4.79 Å². The zero-order chi connectivity index (χ0) is 15.3. The fourth-order valence-electron chi connectivity index (χ4n) is 2.02. The van der Waals surface area contributed by atoms with Crippen molar-refractivity contribution in [2.45, 2.75) is 46.2 Å². The quantitative estimate of drug-likeness (QED) is 0.824. The third-order valence-electron chi connectivity index (χ3n) is 3.70. The van der Waals surface area contributed by atoms with Crippen LogP contribution in [0.3, 0.4) is 0 Å². The third kappa shape index (κ3) is 4.63. The highest BCUT2D eigenvalue weighted by atomic mass is 79.9. The van der Waals surface area contributed by atoms with Crippen molar-refractivity contribution in [3.05, 3.63) is 22.4 Å². The molecule has 0 aliphatic carbocycles. The Morgan fingerprint density at radius 1 is 1.45 bits per heavy atom. The Labute approximate surface area is 130 Å². The number of carbonyl (C=O) groups is 1. The molecule has 20 heavy (non-hydrogen) atoms. The lowest BCUT2D eigenvalue weighted by Gasteiger charge is -2.23. The van der Waals surface area contributed by atoms with E-state index in [1.807, 2.05) is 16.8 Å². The number of aromatic nitrogens is 1. The van der Waals surface area contributed by atoms with Gasteiger partial charge in [-0.05, 0) is 56.2 Å². The molecule has 0 saturated heterocycles. The fraction of sp³-hybridized carbons (Fsp3) is 0.667.